The number of esters is 1. The molecule has 1 aliphatic rings. The molecule has 0 aromatic heterocycles. The van der Waals surface area contributed by atoms with Gasteiger partial charge in [0.1, 0.15) is 0 Å². The van der Waals surface area contributed by atoms with E-state index in [2.05, 4.69) is 15.9 Å². The van der Waals surface area contributed by atoms with Gasteiger partial charge < -0.3 is 9.47 Å². The van der Waals surface area contributed by atoms with Crippen molar-refractivity contribution in [2.75, 3.05) is 18.5 Å². The van der Waals surface area contributed by atoms with E-state index in [1.54, 1.807) is 6.92 Å². The van der Waals surface area contributed by atoms with Crippen LogP contribution < -0.4 is 0 Å². The molecule has 0 saturated carbocycles. The maximum atomic E-state index is 12.3. The quantitative estimate of drug-likeness (QED) is 0.572. The van der Waals surface area contributed by atoms with Gasteiger partial charge in [-0.25, -0.2) is 0 Å². The van der Waals surface area contributed by atoms with Crippen LogP contribution in [0.5, 0.6) is 0 Å². The highest BCUT2D eigenvalue weighted by Crippen LogP contribution is 2.35. The summed E-state index contributed by atoms with van der Waals surface area (Å²) >= 11 is 3.26. The van der Waals surface area contributed by atoms with Gasteiger partial charge in [-0.15, -0.1) is 0 Å². The van der Waals surface area contributed by atoms with Gasteiger partial charge in [-0.05, 0) is 37.0 Å². The number of halogens is 1. The van der Waals surface area contributed by atoms with Crippen LogP contribution in [0.4, 0.5) is 0 Å². The van der Waals surface area contributed by atoms with E-state index in [1.807, 2.05) is 25.1 Å². The van der Waals surface area contributed by atoms with E-state index in [-0.39, 0.29) is 11.8 Å². The number of ketones is 1. The second kappa shape index (κ2) is 7.38. The lowest BCUT2D eigenvalue weighted by molar-refractivity contribution is -0.143. The van der Waals surface area contributed by atoms with Gasteiger partial charge in [0, 0.05) is 6.42 Å². The SMILES string of the molecule is CCOC(=O)CCc1cccc2c1COCC2(C)C(=O)CBr. The van der Waals surface area contributed by atoms with E-state index in [0.717, 1.165) is 16.7 Å². The summed E-state index contributed by atoms with van der Waals surface area (Å²) in [5, 5.41) is 0.305. The molecule has 1 aromatic rings. The molecule has 1 aromatic carbocycles. The molecule has 0 saturated heterocycles. The van der Waals surface area contributed by atoms with Crippen LogP contribution >= 0.6 is 15.9 Å². The van der Waals surface area contributed by atoms with Gasteiger partial charge in [-0.3, -0.25) is 9.59 Å². The van der Waals surface area contributed by atoms with Crippen LogP contribution in [0.25, 0.3) is 0 Å². The molecule has 1 aliphatic heterocycles. The molecule has 1 atom stereocenters. The molecule has 1 heterocycles. The van der Waals surface area contributed by atoms with Crippen LogP contribution in [0.3, 0.4) is 0 Å². The predicted molar refractivity (Wildman–Crippen MR) is 87.2 cm³/mol. The summed E-state index contributed by atoms with van der Waals surface area (Å²) in [6, 6.07) is 5.93. The largest absolute Gasteiger partial charge is 0.466 e. The molecule has 0 aliphatic carbocycles. The van der Waals surface area contributed by atoms with Gasteiger partial charge in [-0.1, -0.05) is 34.1 Å². The minimum atomic E-state index is -0.628. The number of benzene rings is 1. The minimum absolute atomic E-state index is 0.107. The number of hydrogen-bond donors (Lipinski definition) is 0. The van der Waals surface area contributed by atoms with Crippen LogP contribution in [0.1, 0.15) is 37.0 Å². The van der Waals surface area contributed by atoms with E-state index in [0.29, 0.717) is 38.0 Å². The Hall–Kier alpha value is -1.20. The Kier molecular flexibility index (Phi) is 5.75. The van der Waals surface area contributed by atoms with Gasteiger partial charge in [0.25, 0.3) is 0 Å². The topological polar surface area (TPSA) is 52.6 Å². The summed E-state index contributed by atoms with van der Waals surface area (Å²) in [5.41, 5.74) is 2.48. The normalized spacial score (nSPS) is 20.3. The Bertz CT molecular complexity index is 570. The zero-order valence-corrected chi connectivity index (χ0v) is 14.6. The Labute approximate surface area is 139 Å². The molecule has 2 rings (SSSR count). The maximum Gasteiger partial charge on any atom is 0.306 e. The zero-order valence-electron chi connectivity index (χ0n) is 13.0. The summed E-state index contributed by atoms with van der Waals surface area (Å²) in [6.45, 7) is 5.00. The van der Waals surface area contributed by atoms with Crippen molar-refractivity contribution in [2.24, 2.45) is 0 Å². The molecular formula is C17H21BrO4. The summed E-state index contributed by atoms with van der Waals surface area (Å²) < 4.78 is 10.6. The van der Waals surface area contributed by atoms with Crippen LogP contribution in [0.15, 0.2) is 18.2 Å². The molecule has 0 bridgehead atoms. The highest BCUT2D eigenvalue weighted by molar-refractivity contribution is 9.09. The third kappa shape index (κ3) is 3.41. The fraction of sp³-hybridized carbons (Fsp3) is 0.529. The average Bonchev–Trinajstić information content (AvgIpc) is 2.53. The molecule has 120 valence electrons. The Balaban J connectivity index is 2.27. The van der Waals surface area contributed by atoms with Crippen LogP contribution in [-0.2, 0) is 37.5 Å². The number of carbonyl (C=O) groups excluding carboxylic acids is 2. The highest BCUT2D eigenvalue weighted by atomic mass is 79.9. The van der Waals surface area contributed by atoms with E-state index in [1.165, 1.54) is 0 Å². The first-order valence-electron chi connectivity index (χ1n) is 7.46. The molecule has 0 amide bonds. The van der Waals surface area contributed by atoms with Crippen molar-refractivity contribution in [3.8, 4) is 0 Å². The number of rotatable bonds is 6. The lowest BCUT2D eigenvalue weighted by Gasteiger charge is -2.35. The molecule has 0 fully saturated rings. The minimum Gasteiger partial charge on any atom is -0.466 e. The first-order valence-corrected chi connectivity index (χ1v) is 8.59. The molecule has 0 radical (unpaired) electrons. The zero-order chi connectivity index (χ0) is 16.2. The van der Waals surface area contributed by atoms with Gasteiger partial charge >= 0.3 is 5.97 Å². The molecular weight excluding hydrogens is 348 g/mol. The van der Waals surface area contributed by atoms with E-state index in [9.17, 15) is 9.59 Å². The van der Waals surface area contributed by atoms with Crippen molar-refractivity contribution in [3.63, 3.8) is 0 Å². The number of fused-ring (bicyclic) bond motifs is 1. The second-order valence-electron chi connectivity index (χ2n) is 5.63. The standard InChI is InChI=1S/C17H21BrO4/c1-3-22-16(20)8-7-12-5-4-6-14-13(12)10-21-11-17(14,2)15(19)9-18/h4-6H,3,7-11H2,1-2H3. The summed E-state index contributed by atoms with van der Waals surface area (Å²) in [5.74, 6) is -0.0906. The van der Waals surface area contributed by atoms with Crippen molar-refractivity contribution in [1.29, 1.82) is 0 Å². The Morgan fingerprint density at radius 3 is 2.86 bits per heavy atom. The van der Waals surface area contributed by atoms with Crippen molar-refractivity contribution in [1.82, 2.24) is 0 Å². The van der Waals surface area contributed by atoms with Crippen LogP contribution in [-0.4, -0.2) is 30.3 Å². The number of carbonyl (C=O) groups is 2. The van der Waals surface area contributed by atoms with Gasteiger partial charge in [0.15, 0.2) is 5.78 Å². The van der Waals surface area contributed by atoms with Gasteiger partial charge in [0.2, 0.25) is 0 Å². The second-order valence-corrected chi connectivity index (χ2v) is 6.19. The number of aryl methyl sites for hydroxylation is 1. The fourth-order valence-corrected chi connectivity index (χ4v) is 3.46. The summed E-state index contributed by atoms with van der Waals surface area (Å²) in [4.78, 5) is 23.9. The Morgan fingerprint density at radius 1 is 1.41 bits per heavy atom. The average molecular weight is 369 g/mol. The predicted octanol–water partition coefficient (Wildman–Crippen LogP) is 2.93. The number of ether oxygens (including phenoxy) is 2. The van der Waals surface area contributed by atoms with Crippen LogP contribution in [0, 0.1) is 0 Å². The van der Waals surface area contributed by atoms with Crippen molar-refractivity contribution in [3.05, 3.63) is 34.9 Å². The lowest BCUT2D eigenvalue weighted by Crippen LogP contribution is -2.42. The fourth-order valence-electron chi connectivity index (χ4n) is 2.84. The molecule has 0 N–H and O–H groups in total. The smallest absolute Gasteiger partial charge is 0.306 e. The molecule has 4 nitrogen and oxygen atoms in total. The third-order valence-corrected chi connectivity index (χ3v) is 4.65. The summed E-state index contributed by atoms with van der Waals surface area (Å²) in [7, 11) is 0. The van der Waals surface area contributed by atoms with Gasteiger partial charge in [0.05, 0.1) is 30.6 Å². The highest BCUT2D eigenvalue weighted by Gasteiger charge is 2.39. The maximum absolute atomic E-state index is 12.3. The number of hydrogen-bond acceptors (Lipinski definition) is 4. The van der Waals surface area contributed by atoms with E-state index < -0.39 is 5.41 Å². The molecule has 0 spiro atoms. The first kappa shape index (κ1) is 17.2. The Morgan fingerprint density at radius 2 is 2.18 bits per heavy atom. The van der Waals surface area contributed by atoms with Crippen molar-refractivity contribution >= 4 is 27.7 Å². The van der Waals surface area contributed by atoms with Gasteiger partial charge in [-0.2, -0.15) is 0 Å². The van der Waals surface area contributed by atoms with Crippen molar-refractivity contribution < 1.29 is 19.1 Å². The first-order chi connectivity index (χ1) is 10.5. The van der Waals surface area contributed by atoms with E-state index >= 15 is 0 Å². The van der Waals surface area contributed by atoms with Crippen molar-refractivity contribution in [2.45, 2.75) is 38.7 Å². The number of Topliss-reactive ketones (excluding diaryl/α,β-unsaturated/α-hetero) is 1. The lowest BCUT2D eigenvalue weighted by atomic mass is 9.75. The monoisotopic (exact) mass is 368 g/mol. The molecule has 5 heteroatoms. The number of alkyl halides is 1. The van der Waals surface area contributed by atoms with E-state index in [4.69, 9.17) is 9.47 Å². The molecule has 22 heavy (non-hydrogen) atoms. The molecule has 1 unspecified atom stereocenters. The summed E-state index contributed by atoms with van der Waals surface area (Å²) in [6.07, 6.45) is 0.942. The van der Waals surface area contributed by atoms with Crippen LogP contribution in [0.2, 0.25) is 0 Å². The third-order valence-electron chi connectivity index (χ3n) is 4.15.